The predicted molar refractivity (Wildman–Crippen MR) is 103 cm³/mol. The molecule has 2 atom stereocenters. The van der Waals surface area contributed by atoms with Crippen molar-refractivity contribution in [1.29, 1.82) is 0 Å². The van der Waals surface area contributed by atoms with Crippen molar-refractivity contribution in [2.24, 2.45) is 17.8 Å². The molecule has 1 aliphatic rings. The van der Waals surface area contributed by atoms with Crippen LogP contribution in [0.4, 0.5) is 0 Å². The van der Waals surface area contributed by atoms with E-state index in [0.717, 1.165) is 11.3 Å². The summed E-state index contributed by atoms with van der Waals surface area (Å²) in [5.41, 5.74) is 1.000. The molecule has 1 aromatic rings. The topological polar surface area (TPSA) is 58.6 Å². The molecule has 0 radical (unpaired) electrons. The molecule has 1 fully saturated rings. The lowest BCUT2D eigenvalue weighted by Gasteiger charge is -2.20. The van der Waals surface area contributed by atoms with Gasteiger partial charge in [-0.25, -0.2) is 0 Å². The van der Waals surface area contributed by atoms with Gasteiger partial charge in [-0.15, -0.1) is 0 Å². The highest BCUT2D eigenvalue weighted by atomic mass is 16.5. The third-order valence-electron chi connectivity index (χ3n) is 4.82. The first-order valence-electron chi connectivity index (χ1n) is 9.51. The number of hydrogen-bond donors (Lipinski definition) is 1. The zero-order chi connectivity index (χ0) is 19.3. The van der Waals surface area contributed by atoms with E-state index in [1.165, 1.54) is 0 Å². The molecule has 5 nitrogen and oxygen atoms in total. The van der Waals surface area contributed by atoms with Gasteiger partial charge < -0.3 is 15.0 Å². The van der Waals surface area contributed by atoms with E-state index in [9.17, 15) is 9.59 Å². The van der Waals surface area contributed by atoms with Gasteiger partial charge in [0.25, 0.3) is 0 Å². The molecule has 0 bridgehead atoms. The van der Waals surface area contributed by atoms with Gasteiger partial charge in [-0.2, -0.15) is 0 Å². The molecule has 0 spiro atoms. The zero-order valence-electron chi connectivity index (χ0n) is 16.6. The van der Waals surface area contributed by atoms with E-state index in [1.807, 2.05) is 43.0 Å². The van der Waals surface area contributed by atoms with E-state index in [4.69, 9.17) is 4.74 Å². The average molecular weight is 360 g/mol. The van der Waals surface area contributed by atoms with Gasteiger partial charge in [0.05, 0.1) is 13.0 Å². The normalized spacial score (nSPS) is 19.9. The van der Waals surface area contributed by atoms with Crippen molar-refractivity contribution in [2.45, 2.75) is 40.0 Å². The van der Waals surface area contributed by atoms with Crippen LogP contribution in [0.25, 0.3) is 0 Å². The van der Waals surface area contributed by atoms with E-state index in [0.29, 0.717) is 37.9 Å². The summed E-state index contributed by atoms with van der Waals surface area (Å²) < 4.78 is 5.51. The average Bonchev–Trinajstić information content (AvgIpc) is 3.04. The van der Waals surface area contributed by atoms with Crippen LogP contribution in [0, 0.1) is 17.8 Å². The number of rotatable bonds is 7. The molecule has 1 aliphatic heterocycles. The maximum atomic E-state index is 12.8. The highest BCUT2D eigenvalue weighted by Gasteiger charge is 2.41. The van der Waals surface area contributed by atoms with Crippen molar-refractivity contribution in [3.63, 3.8) is 0 Å². The fourth-order valence-corrected chi connectivity index (χ4v) is 3.48. The van der Waals surface area contributed by atoms with Crippen molar-refractivity contribution in [2.75, 3.05) is 26.7 Å². The Bertz CT molecular complexity index is 627. The Balaban J connectivity index is 2.25. The molecule has 1 aromatic carbocycles. The summed E-state index contributed by atoms with van der Waals surface area (Å²) in [6.45, 7) is 9.91. The summed E-state index contributed by atoms with van der Waals surface area (Å²) in [5.74, 6) is 1.33. The molecule has 2 amide bonds. The zero-order valence-corrected chi connectivity index (χ0v) is 16.6. The quantitative estimate of drug-likeness (QED) is 0.813. The maximum Gasteiger partial charge on any atom is 0.225 e. The smallest absolute Gasteiger partial charge is 0.225 e. The minimum atomic E-state index is -0.249. The van der Waals surface area contributed by atoms with Gasteiger partial charge in [0.1, 0.15) is 5.75 Å². The number of likely N-dealkylation sites (tertiary alicyclic amines) is 1. The number of methoxy groups -OCH3 is 1. The van der Waals surface area contributed by atoms with Crippen LogP contribution in [0.1, 0.15) is 45.6 Å². The number of carbonyl (C=O) groups excluding carboxylic acids is 2. The summed E-state index contributed by atoms with van der Waals surface area (Å²) in [4.78, 5) is 27.3. The van der Waals surface area contributed by atoms with E-state index < -0.39 is 0 Å². The molecule has 1 heterocycles. The highest BCUT2D eigenvalue weighted by molar-refractivity contribution is 5.83. The van der Waals surface area contributed by atoms with Gasteiger partial charge in [-0.05, 0) is 23.5 Å². The Kier molecular flexibility index (Phi) is 7.06. The summed E-state index contributed by atoms with van der Waals surface area (Å²) in [6.07, 6.45) is 0.513. The van der Waals surface area contributed by atoms with Crippen LogP contribution in [0.2, 0.25) is 0 Å². The van der Waals surface area contributed by atoms with Gasteiger partial charge in [0.2, 0.25) is 11.8 Å². The van der Waals surface area contributed by atoms with Crippen molar-refractivity contribution in [3.8, 4) is 5.75 Å². The first kappa shape index (κ1) is 20.3. The van der Waals surface area contributed by atoms with Crippen molar-refractivity contribution < 1.29 is 14.3 Å². The molecule has 5 heteroatoms. The van der Waals surface area contributed by atoms with Crippen molar-refractivity contribution >= 4 is 11.8 Å². The number of ether oxygens (including phenoxy) is 1. The molecule has 2 rings (SSSR count). The van der Waals surface area contributed by atoms with Crippen LogP contribution < -0.4 is 10.1 Å². The predicted octanol–water partition coefficient (Wildman–Crippen LogP) is 3.06. The number of nitrogens with one attached hydrogen (secondary N) is 1. The second-order valence-corrected chi connectivity index (χ2v) is 7.99. The van der Waals surface area contributed by atoms with Crippen LogP contribution in [-0.4, -0.2) is 43.5 Å². The SMILES string of the molecule is COc1ccccc1C1CN(C(=O)CC(C)C)CC1C(=O)NCC(C)C. The fraction of sp³-hybridized carbons (Fsp3) is 0.619. The molecule has 0 saturated carbocycles. The lowest BCUT2D eigenvalue weighted by molar-refractivity contribution is -0.131. The molecule has 2 unspecified atom stereocenters. The number of para-hydroxylation sites is 1. The number of nitrogens with zero attached hydrogens (tertiary/aromatic N) is 1. The minimum Gasteiger partial charge on any atom is -0.496 e. The molecule has 26 heavy (non-hydrogen) atoms. The van der Waals surface area contributed by atoms with Gasteiger partial charge in [0, 0.05) is 32.0 Å². The van der Waals surface area contributed by atoms with E-state index in [2.05, 4.69) is 19.2 Å². The largest absolute Gasteiger partial charge is 0.496 e. The Morgan fingerprint density at radius 2 is 1.85 bits per heavy atom. The van der Waals surface area contributed by atoms with E-state index >= 15 is 0 Å². The third kappa shape index (κ3) is 4.99. The standard InChI is InChI=1S/C21H32N2O3/c1-14(2)10-20(24)23-12-17(16-8-6-7-9-19(16)26-5)18(13-23)21(25)22-11-15(3)4/h6-9,14-15,17-18H,10-13H2,1-5H3,(H,22,25). The monoisotopic (exact) mass is 360 g/mol. The summed E-state index contributed by atoms with van der Waals surface area (Å²) >= 11 is 0. The second kappa shape index (κ2) is 9.06. The van der Waals surface area contributed by atoms with Crippen LogP contribution in [0.15, 0.2) is 24.3 Å². The molecule has 0 aromatic heterocycles. The Hall–Kier alpha value is -2.04. The van der Waals surface area contributed by atoms with Gasteiger partial charge in [-0.1, -0.05) is 45.9 Å². The number of benzene rings is 1. The van der Waals surface area contributed by atoms with Crippen molar-refractivity contribution in [3.05, 3.63) is 29.8 Å². The van der Waals surface area contributed by atoms with E-state index in [-0.39, 0.29) is 23.7 Å². The molecular formula is C21H32N2O3. The Morgan fingerprint density at radius 3 is 2.46 bits per heavy atom. The van der Waals surface area contributed by atoms with Crippen LogP contribution in [-0.2, 0) is 9.59 Å². The van der Waals surface area contributed by atoms with Crippen molar-refractivity contribution in [1.82, 2.24) is 10.2 Å². The first-order chi connectivity index (χ1) is 12.3. The molecule has 0 aliphatic carbocycles. The third-order valence-corrected chi connectivity index (χ3v) is 4.82. The second-order valence-electron chi connectivity index (χ2n) is 7.99. The number of hydrogen-bond acceptors (Lipinski definition) is 3. The summed E-state index contributed by atoms with van der Waals surface area (Å²) in [6, 6.07) is 7.80. The molecule has 1 saturated heterocycles. The Labute approximate surface area is 157 Å². The number of amides is 2. The van der Waals surface area contributed by atoms with Gasteiger partial charge in [-0.3, -0.25) is 9.59 Å². The van der Waals surface area contributed by atoms with Crippen LogP contribution in [0.3, 0.4) is 0 Å². The van der Waals surface area contributed by atoms with Gasteiger partial charge >= 0.3 is 0 Å². The van der Waals surface area contributed by atoms with Gasteiger partial charge in [0.15, 0.2) is 0 Å². The highest BCUT2D eigenvalue weighted by Crippen LogP contribution is 2.38. The summed E-state index contributed by atoms with van der Waals surface area (Å²) in [7, 11) is 1.64. The number of carbonyl (C=O) groups is 2. The minimum absolute atomic E-state index is 0.0226. The molecule has 1 N–H and O–H groups in total. The molecule has 144 valence electrons. The summed E-state index contributed by atoms with van der Waals surface area (Å²) in [5, 5.41) is 3.04. The van der Waals surface area contributed by atoms with Crippen LogP contribution in [0.5, 0.6) is 5.75 Å². The lowest BCUT2D eigenvalue weighted by Crippen LogP contribution is -2.37. The van der Waals surface area contributed by atoms with E-state index in [1.54, 1.807) is 7.11 Å². The Morgan fingerprint density at radius 1 is 1.15 bits per heavy atom. The fourth-order valence-electron chi connectivity index (χ4n) is 3.48. The lowest BCUT2D eigenvalue weighted by atomic mass is 9.87. The molecular weight excluding hydrogens is 328 g/mol. The maximum absolute atomic E-state index is 12.8. The first-order valence-corrected chi connectivity index (χ1v) is 9.51. The van der Waals surface area contributed by atoms with Crippen LogP contribution >= 0.6 is 0 Å².